The number of halogens is 2. The van der Waals surface area contributed by atoms with Gasteiger partial charge in [0.2, 0.25) is 11.8 Å². The van der Waals surface area contributed by atoms with E-state index in [2.05, 4.69) is 5.32 Å². The number of carbonyl (C=O) groups excluding carboxylic acids is 2. The number of rotatable bonds is 6. The first-order valence-electron chi connectivity index (χ1n) is 9.43. The van der Waals surface area contributed by atoms with Crippen LogP contribution in [0.25, 0.3) is 0 Å². The second-order valence-corrected chi connectivity index (χ2v) is 7.48. The van der Waals surface area contributed by atoms with Gasteiger partial charge in [0.25, 0.3) is 0 Å². The molecule has 2 aromatic carbocycles. The van der Waals surface area contributed by atoms with Crippen molar-refractivity contribution in [2.24, 2.45) is 0 Å². The molecule has 1 heterocycles. The summed E-state index contributed by atoms with van der Waals surface area (Å²) in [6, 6.07) is 13.5. The number of amides is 2. The second-order valence-electron chi connectivity index (χ2n) is 7.05. The summed E-state index contributed by atoms with van der Waals surface area (Å²) >= 11 is 5.83. The molecule has 2 amide bonds. The summed E-state index contributed by atoms with van der Waals surface area (Å²) in [4.78, 5) is 30.1. The van der Waals surface area contributed by atoms with E-state index in [1.54, 1.807) is 59.3 Å². The molecule has 2 aromatic rings. The number of piperazine rings is 1. The molecule has 1 saturated heterocycles. The van der Waals surface area contributed by atoms with Gasteiger partial charge in [-0.2, -0.15) is 0 Å². The first kappa shape index (κ1) is 21.1. The SMILES string of the molecule is CN(CC(=O)Nc1ccc(Cl)cc1)CC(=O)N1CCN(c2ccccc2F)CC1. The Morgan fingerprint density at radius 2 is 1.69 bits per heavy atom. The number of hydrogen-bond donors (Lipinski definition) is 1. The van der Waals surface area contributed by atoms with Gasteiger partial charge in [0.15, 0.2) is 0 Å². The van der Waals surface area contributed by atoms with Crippen molar-refractivity contribution in [1.82, 2.24) is 9.80 Å². The molecule has 0 unspecified atom stereocenters. The molecule has 1 fully saturated rings. The Kier molecular flexibility index (Phi) is 7.06. The summed E-state index contributed by atoms with van der Waals surface area (Å²) < 4.78 is 13.9. The van der Waals surface area contributed by atoms with Crippen molar-refractivity contribution in [3.8, 4) is 0 Å². The molecular weight excluding hydrogens is 395 g/mol. The molecule has 1 aliphatic rings. The molecule has 3 rings (SSSR count). The Morgan fingerprint density at radius 1 is 1.03 bits per heavy atom. The molecule has 0 saturated carbocycles. The fourth-order valence-electron chi connectivity index (χ4n) is 3.27. The highest BCUT2D eigenvalue weighted by Crippen LogP contribution is 2.20. The highest BCUT2D eigenvalue weighted by atomic mass is 35.5. The Hall–Kier alpha value is -2.64. The van der Waals surface area contributed by atoms with Crippen molar-refractivity contribution in [1.29, 1.82) is 0 Å². The number of hydrogen-bond acceptors (Lipinski definition) is 4. The van der Waals surface area contributed by atoms with Crippen molar-refractivity contribution in [3.05, 3.63) is 59.4 Å². The number of benzene rings is 2. The smallest absolute Gasteiger partial charge is 0.238 e. The molecule has 154 valence electrons. The fourth-order valence-corrected chi connectivity index (χ4v) is 3.40. The molecular formula is C21H24ClFN4O2. The zero-order valence-corrected chi connectivity index (χ0v) is 17.0. The Balaban J connectivity index is 1.43. The minimum atomic E-state index is -0.251. The zero-order chi connectivity index (χ0) is 20.8. The highest BCUT2D eigenvalue weighted by Gasteiger charge is 2.23. The fraction of sp³-hybridized carbons (Fsp3) is 0.333. The molecule has 0 atom stereocenters. The van der Waals surface area contributed by atoms with E-state index in [0.717, 1.165) is 0 Å². The van der Waals surface area contributed by atoms with Crippen LogP contribution in [0.1, 0.15) is 0 Å². The van der Waals surface area contributed by atoms with E-state index in [1.807, 2.05) is 4.90 Å². The lowest BCUT2D eigenvalue weighted by Gasteiger charge is -2.36. The van der Waals surface area contributed by atoms with Gasteiger partial charge < -0.3 is 15.1 Å². The molecule has 6 nitrogen and oxygen atoms in total. The van der Waals surface area contributed by atoms with Crippen LogP contribution < -0.4 is 10.2 Å². The Bertz CT molecular complexity index is 854. The monoisotopic (exact) mass is 418 g/mol. The normalized spacial score (nSPS) is 14.2. The Morgan fingerprint density at radius 3 is 2.34 bits per heavy atom. The van der Waals surface area contributed by atoms with E-state index in [0.29, 0.717) is 42.6 Å². The second kappa shape index (κ2) is 9.71. The lowest BCUT2D eigenvalue weighted by molar-refractivity contribution is -0.132. The standard InChI is InChI=1S/C21H24ClFN4O2/c1-25(14-20(28)24-17-8-6-16(22)7-9-17)15-21(29)27-12-10-26(11-13-27)19-5-3-2-4-18(19)23/h2-9H,10-15H2,1H3,(H,24,28). The van der Waals surface area contributed by atoms with Gasteiger partial charge in [-0.3, -0.25) is 14.5 Å². The van der Waals surface area contributed by atoms with Gasteiger partial charge >= 0.3 is 0 Å². The first-order chi connectivity index (χ1) is 13.9. The van der Waals surface area contributed by atoms with Gasteiger partial charge in [-0.25, -0.2) is 4.39 Å². The first-order valence-corrected chi connectivity index (χ1v) is 9.81. The van der Waals surface area contributed by atoms with Crippen LogP contribution in [0.15, 0.2) is 48.5 Å². The highest BCUT2D eigenvalue weighted by molar-refractivity contribution is 6.30. The predicted molar refractivity (Wildman–Crippen MR) is 113 cm³/mol. The van der Waals surface area contributed by atoms with Crippen molar-refractivity contribution >= 4 is 34.8 Å². The summed E-state index contributed by atoms with van der Waals surface area (Å²) in [5.41, 5.74) is 1.22. The lowest BCUT2D eigenvalue weighted by Crippen LogP contribution is -2.51. The number of para-hydroxylation sites is 1. The van der Waals surface area contributed by atoms with Crippen molar-refractivity contribution in [3.63, 3.8) is 0 Å². The topological polar surface area (TPSA) is 55.9 Å². The van der Waals surface area contributed by atoms with Crippen LogP contribution in [0.4, 0.5) is 15.8 Å². The van der Waals surface area contributed by atoms with Gasteiger partial charge in [-0.05, 0) is 43.4 Å². The quantitative estimate of drug-likeness (QED) is 0.783. The van der Waals surface area contributed by atoms with Gasteiger partial charge in [0.05, 0.1) is 18.8 Å². The van der Waals surface area contributed by atoms with Crippen LogP contribution in [0.5, 0.6) is 0 Å². The maximum absolute atomic E-state index is 13.9. The van der Waals surface area contributed by atoms with Gasteiger partial charge in [-0.1, -0.05) is 23.7 Å². The third kappa shape index (κ3) is 5.92. The minimum absolute atomic E-state index is 0.0417. The van der Waals surface area contributed by atoms with Crippen LogP contribution in [0.3, 0.4) is 0 Å². The lowest BCUT2D eigenvalue weighted by atomic mass is 10.2. The van der Waals surface area contributed by atoms with Crippen LogP contribution in [-0.4, -0.2) is 67.9 Å². The van der Waals surface area contributed by atoms with Gasteiger partial charge in [-0.15, -0.1) is 0 Å². The average molecular weight is 419 g/mol. The largest absolute Gasteiger partial charge is 0.366 e. The molecule has 0 aliphatic carbocycles. The molecule has 0 radical (unpaired) electrons. The van der Waals surface area contributed by atoms with Crippen molar-refractivity contribution < 1.29 is 14.0 Å². The number of anilines is 2. The minimum Gasteiger partial charge on any atom is -0.366 e. The third-order valence-electron chi connectivity index (χ3n) is 4.77. The number of nitrogens with one attached hydrogen (secondary N) is 1. The molecule has 1 N–H and O–H groups in total. The van der Waals surface area contributed by atoms with E-state index in [9.17, 15) is 14.0 Å². The molecule has 8 heteroatoms. The van der Waals surface area contributed by atoms with Crippen LogP contribution in [-0.2, 0) is 9.59 Å². The van der Waals surface area contributed by atoms with E-state index >= 15 is 0 Å². The van der Waals surface area contributed by atoms with E-state index < -0.39 is 0 Å². The number of likely N-dealkylation sites (N-methyl/N-ethyl adjacent to an activating group) is 1. The average Bonchev–Trinajstić information content (AvgIpc) is 2.70. The molecule has 1 aliphatic heterocycles. The third-order valence-corrected chi connectivity index (χ3v) is 5.02. The maximum atomic E-state index is 13.9. The molecule has 0 spiro atoms. The molecule has 29 heavy (non-hydrogen) atoms. The van der Waals surface area contributed by atoms with E-state index in [1.165, 1.54) is 6.07 Å². The number of nitrogens with zero attached hydrogens (tertiary/aromatic N) is 3. The van der Waals surface area contributed by atoms with Gasteiger partial charge in [0, 0.05) is 36.9 Å². The summed E-state index contributed by atoms with van der Waals surface area (Å²) in [5.74, 6) is -0.495. The van der Waals surface area contributed by atoms with Crippen LogP contribution in [0.2, 0.25) is 5.02 Å². The van der Waals surface area contributed by atoms with Crippen LogP contribution >= 0.6 is 11.6 Å². The molecule has 0 bridgehead atoms. The van der Waals surface area contributed by atoms with Crippen molar-refractivity contribution in [2.75, 3.05) is 56.5 Å². The van der Waals surface area contributed by atoms with Gasteiger partial charge in [0.1, 0.15) is 5.82 Å². The molecule has 0 aromatic heterocycles. The summed E-state index contributed by atoms with van der Waals surface area (Å²) in [6.45, 7) is 2.45. The van der Waals surface area contributed by atoms with Crippen LogP contribution in [0, 0.1) is 5.82 Å². The summed E-state index contributed by atoms with van der Waals surface area (Å²) in [5, 5.41) is 3.37. The zero-order valence-electron chi connectivity index (χ0n) is 16.3. The predicted octanol–water partition coefficient (Wildman–Crippen LogP) is 2.70. The van der Waals surface area contributed by atoms with Crippen molar-refractivity contribution in [2.45, 2.75) is 0 Å². The Labute approximate surface area is 174 Å². The maximum Gasteiger partial charge on any atom is 0.238 e. The number of carbonyl (C=O) groups is 2. The summed E-state index contributed by atoms with van der Waals surface area (Å²) in [7, 11) is 1.73. The van der Waals surface area contributed by atoms with E-state index in [4.69, 9.17) is 11.6 Å². The summed E-state index contributed by atoms with van der Waals surface area (Å²) in [6.07, 6.45) is 0. The van der Waals surface area contributed by atoms with E-state index in [-0.39, 0.29) is 30.7 Å².